The highest BCUT2D eigenvalue weighted by Crippen LogP contribution is 2.18. The van der Waals surface area contributed by atoms with E-state index in [1.807, 2.05) is 33.8 Å². The molecule has 2 rings (SSSR count). The number of hydrogen-bond acceptors (Lipinski definition) is 4. The topological polar surface area (TPSA) is 79.8 Å². The van der Waals surface area contributed by atoms with Crippen molar-refractivity contribution in [1.82, 2.24) is 19.9 Å². The van der Waals surface area contributed by atoms with Crippen molar-refractivity contribution in [3.63, 3.8) is 0 Å². The van der Waals surface area contributed by atoms with Crippen molar-refractivity contribution >= 4 is 28.7 Å². The molecule has 120 valence electrons. The van der Waals surface area contributed by atoms with E-state index in [4.69, 9.17) is 0 Å². The van der Waals surface area contributed by atoms with Gasteiger partial charge < -0.3 is 10.3 Å². The zero-order chi connectivity index (χ0) is 16.3. The summed E-state index contributed by atoms with van der Waals surface area (Å²) in [6.07, 6.45) is 0.892. The second-order valence-electron chi connectivity index (χ2n) is 5.32. The predicted molar refractivity (Wildman–Crippen MR) is 89.4 cm³/mol. The number of H-pyrrole nitrogens is 1. The predicted octanol–water partition coefficient (Wildman–Crippen LogP) is 2.06. The monoisotopic (exact) mass is 322 g/mol. The molecule has 2 aromatic heterocycles. The molecule has 2 aromatic rings. The lowest BCUT2D eigenvalue weighted by Crippen LogP contribution is -2.33. The third-order valence-corrected chi connectivity index (χ3v) is 4.48. The van der Waals surface area contributed by atoms with Crippen LogP contribution < -0.4 is 10.9 Å². The number of amides is 1. The van der Waals surface area contributed by atoms with E-state index in [-0.39, 0.29) is 23.3 Å². The smallest absolute Gasteiger partial charge is 0.278 e. The fraction of sp³-hybridized carbons (Fsp3) is 0.533. The molecule has 0 aliphatic carbocycles. The Bertz CT molecular complexity index is 735. The summed E-state index contributed by atoms with van der Waals surface area (Å²) in [6.45, 7) is 8.31. The van der Waals surface area contributed by atoms with Gasteiger partial charge in [-0.25, -0.2) is 4.98 Å². The molecule has 0 radical (unpaired) electrons. The van der Waals surface area contributed by atoms with Crippen molar-refractivity contribution in [3.05, 3.63) is 22.1 Å². The Hall–Kier alpha value is -1.76. The van der Waals surface area contributed by atoms with Crippen molar-refractivity contribution < 1.29 is 4.79 Å². The first-order valence-electron chi connectivity index (χ1n) is 7.48. The summed E-state index contributed by atoms with van der Waals surface area (Å²) in [5, 5.41) is 3.49. The number of hydrogen-bond donors (Lipinski definition) is 2. The van der Waals surface area contributed by atoms with Crippen molar-refractivity contribution in [1.29, 1.82) is 0 Å². The summed E-state index contributed by atoms with van der Waals surface area (Å²) in [5.74, 6) is 0.215. The molecule has 0 aliphatic heterocycles. The van der Waals surface area contributed by atoms with Gasteiger partial charge in [-0.2, -0.15) is 0 Å². The molecule has 22 heavy (non-hydrogen) atoms. The Morgan fingerprint density at radius 1 is 1.50 bits per heavy atom. The van der Waals surface area contributed by atoms with E-state index in [2.05, 4.69) is 15.3 Å². The molecule has 0 saturated carbocycles. The minimum atomic E-state index is -0.0922. The van der Waals surface area contributed by atoms with Crippen molar-refractivity contribution in [2.24, 2.45) is 0 Å². The average molecular weight is 322 g/mol. The molecule has 1 atom stereocenters. The Morgan fingerprint density at radius 3 is 2.86 bits per heavy atom. The van der Waals surface area contributed by atoms with E-state index in [9.17, 15) is 9.59 Å². The number of rotatable bonds is 6. The van der Waals surface area contributed by atoms with E-state index in [1.165, 1.54) is 11.8 Å². The molecule has 0 saturated heterocycles. The number of aromatic amines is 1. The van der Waals surface area contributed by atoms with Gasteiger partial charge in [-0.1, -0.05) is 18.7 Å². The van der Waals surface area contributed by atoms with Gasteiger partial charge in [-0.05, 0) is 33.3 Å². The highest BCUT2D eigenvalue weighted by atomic mass is 32.2. The van der Waals surface area contributed by atoms with E-state index in [1.54, 1.807) is 4.57 Å². The van der Waals surface area contributed by atoms with Crippen LogP contribution in [0.2, 0.25) is 0 Å². The van der Waals surface area contributed by atoms with Crippen molar-refractivity contribution in [3.8, 4) is 0 Å². The first-order chi connectivity index (χ1) is 10.5. The molecule has 2 N–H and O–H groups in total. The number of aromatic nitrogens is 3. The van der Waals surface area contributed by atoms with Crippen LogP contribution in [0.25, 0.3) is 11.0 Å². The molecule has 0 bridgehead atoms. The van der Waals surface area contributed by atoms with Crippen molar-refractivity contribution in [2.45, 2.75) is 51.9 Å². The van der Waals surface area contributed by atoms with E-state index in [0.717, 1.165) is 12.1 Å². The summed E-state index contributed by atoms with van der Waals surface area (Å²) < 4.78 is 1.60. The van der Waals surface area contributed by atoms with Crippen LogP contribution in [0.5, 0.6) is 0 Å². The number of carbonyl (C=O) groups excluding carboxylic acids is 1. The number of aryl methyl sites for hydroxylation is 1. The van der Waals surface area contributed by atoms with Gasteiger partial charge in [-0.3, -0.25) is 14.2 Å². The van der Waals surface area contributed by atoms with Crippen LogP contribution in [0.3, 0.4) is 0 Å². The van der Waals surface area contributed by atoms with Gasteiger partial charge in [0.05, 0.1) is 11.3 Å². The highest BCUT2D eigenvalue weighted by molar-refractivity contribution is 7.99. The molecule has 7 heteroatoms. The second kappa shape index (κ2) is 7.00. The number of nitrogens with zero attached hydrogens (tertiary/aromatic N) is 2. The maximum atomic E-state index is 12.4. The van der Waals surface area contributed by atoms with Gasteiger partial charge in [0.15, 0.2) is 5.16 Å². The highest BCUT2D eigenvalue weighted by Gasteiger charge is 2.14. The molecule has 0 spiro atoms. The summed E-state index contributed by atoms with van der Waals surface area (Å²) in [4.78, 5) is 31.9. The Morgan fingerprint density at radius 2 is 2.23 bits per heavy atom. The van der Waals surface area contributed by atoms with Gasteiger partial charge in [0.1, 0.15) is 5.52 Å². The minimum Gasteiger partial charge on any atom is -0.353 e. The van der Waals surface area contributed by atoms with Gasteiger partial charge in [0.25, 0.3) is 5.56 Å². The lowest BCUT2D eigenvalue weighted by molar-refractivity contribution is -0.119. The molecule has 1 amide bonds. The Labute approximate surface area is 133 Å². The third-order valence-electron chi connectivity index (χ3n) is 3.51. The molecule has 2 heterocycles. The standard InChI is InChI=1S/C15H22N4O2S/c1-5-9(3)16-12(20)8-22-15-18-11-7-10(4)17-13(11)14(21)19(15)6-2/h7,9,17H,5-6,8H2,1-4H3,(H,16,20)/t9-/m0/s1. The largest absolute Gasteiger partial charge is 0.353 e. The summed E-state index contributed by atoms with van der Waals surface area (Å²) >= 11 is 1.30. The van der Waals surface area contributed by atoms with E-state index < -0.39 is 0 Å². The second-order valence-corrected chi connectivity index (χ2v) is 6.26. The number of carbonyl (C=O) groups is 1. The normalized spacial score (nSPS) is 12.5. The average Bonchev–Trinajstić information content (AvgIpc) is 2.86. The molecular formula is C15H22N4O2S. The number of nitrogens with one attached hydrogen (secondary N) is 2. The Kier molecular flexibility index (Phi) is 5.28. The van der Waals surface area contributed by atoms with Gasteiger partial charge in [-0.15, -0.1) is 0 Å². The quantitative estimate of drug-likeness (QED) is 0.630. The van der Waals surface area contributed by atoms with Gasteiger partial charge in [0.2, 0.25) is 5.91 Å². The van der Waals surface area contributed by atoms with E-state index >= 15 is 0 Å². The maximum absolute atomic E-state index is 12.4. The maximum Gasteiger partial charge on any atom is 0.278 e. The van der Waals surface area contributed by atoms with E-state index in [0.29, 0.717) is 22.7 Å². The zero-order valence-corrected chi connectivity index (χ0v) is 14.2. The molecule has 6 nitrogen and oxygen atoms in total. The van der Waals surface area contributed by atoms with Gasteiger partial charge >= 0.3 is 0 Å². The SMILES string of the molecule is CC[C@H](C)NC(=O)CSc1nc2cc(C)[nH]c2c(=O)n1CC. The molecule has 0 aromatic carbocycles. The summed E-state index contributed by atoms with van der Waals surface area (Å²) in [6, 6.07) is 2.00. The van der Waals surface area contributed by atoms with Crippen LogP contribution in [0.15, 0.2) is 16.0 Å². The number of thioether (sulfide) groups is 1. The van der Waals surface area contributed by atoms with Gasteiger partial charge in [0, 0.05) is 18.3 Å². The first-order valence-corrected chi connectivity index (χ1v) is 8.47. The minimum absolute atomic E-state index is 0.0402. The van der Waals surface area contributed by atoms with Crippen LogP contribution in [0, 0.1) is 6.92 Å². The van der Waals surface area contributed by atoms with Crippen LogP contribution in [-0.4, -0.2) is 32.2 Å². The van der Waals surface area contributed by atoms with Crippen LogP contribution >= 0.6 is 11.8 Å². The fourth-order valence-electron chi connectivity index (χ4n) is 2.15. The summed E-state index contributed by atoms with van der Waals surface area (Å²) in [7, 11) is 0. The number of fused-ring (bicyclic) bond motifs is 1. The third kappa shape index (κ3) is 3.52. The van der Waals surface area contributed by atoms with Crippen LogP contribution in [0.4, 0.5) is 0 Å². The lowest BCUT2D eigenvalue weighted by Gasteiger charge is -2.12. The lowest BCUT2D eigenvalue weighted by atomic mass is 10.3. The molecule has 0 fully saturated rings. The van der Waals surface area contributed by atoms with Crippen LogP contribution in [-0.2, 0) is 11.3 Å². The summed E-state index contributed by atoms with van der Waals surface area (Å²) in [5.41, 5.74) is 1.98. The van der Waals surface area contributed by atoms with Crippen molar-refractivity contribution in [2.75, 3.05) is 5.75 Å². The fourth-order valence-corrected chi connectivity index (χ4v) is 3.02. The zero-order valence-electron chi connectivity index (χ0n) is 13.4. The Balaban J connectivity index is 2.23. The molecule has 0 unspecified atom stereocenters. The molecular weight excluding hydrogens is 300 g/mol. The first kappa shape index (κ1) is 16.6. The molecule has 0 aliphatic rings. The van der Waals surface area contributed by atoms with Crippen LogP contribution in [0.1, 0.15) is 32.9 Å².